The molecular formula is C13H16N2O2. The van der Waals surface area contributed by atoms with Gasteiger partial charge in [0.25, 0.3) is 0 Å². The standard InChI is InChI=1S/C13H16N2O2/c14-10-3-1-4-11(9-10)15-12(16)17-8-7-13(15)5-2-6-13/h1,3-4,9H,2,5-8,14H2. The summed E-state index contributed by atoms with van der Waals surface area (Å²) in [5.74, 6) is 0. The van der Waals surface area contributed by atoms with Crippen molar-refractivity contribution in [3.05, 3.63) is 24.3 Å². The molecule has 1 heterocycles. The Labute approximate surface area is 100 Å². The van der Waals surface area contributed by atoms with Crippen molar-refractivity contribution in [1.29, 1.82) is 0 Å². The van der Waals surface area contributed by atoms with Gasteiger partial charge in [-0.05, 0) is 37.5 Å². The van der Waals surface area contributed by atoms with Crippen LogP contribution in [-0.2, 0) is 4.74 Å². The number of nitrogens with two attached hydrogens (primary N) is 1. The van der Waals surface area contributed by atoms with E-state index in [1.54, 1.807) is 4.90 Å². The van der Waals surface area contributed by atoms with Crippen LogP contribution in [0.2, 0.25) is 0 Å². The minimum atomic E-state index is -0.235. The number of nitrogens with zero attached hydrogens (tertiary/aromatic N) is 1. The molecule has 1 aliphatic carbocycles. The molecule has 4 heteroatoms. The van der Waals surface area contributed by atoms with Gasteiger partial charge in [0.1, 0.15) is 0 Å². The SMILES string of the molecule is Nc1cccc(N2C(=O)OCCC23CCC3)c1. The average Bonchev–Trinajstić information content (AvgIpc) is 2.26. The van der Waals surface area contributed by atoms with E-state index in [1.807, 2.05) is 24.3 Å². The molecule has 1 aliphatic heterocycles. The van der Waals surface area contributed by atoms with Gasteiger partial charge in [-0.15, -0.1) is 0 Å². The van der Waals surface area contributed by atoms with Crippen molar-refractivity contribution in [3.8, 4) is 0 Å². The van der Waals surface area contributed by atoms with Crippen LogP contribution in [0.1, 0.15) is 25.7 Å². The Bertz CT molecular complexity index is 454. The molecule has 4 nitrogen and oxygen atoms in total. The highest BCUT2D eigenvalue weighted by Crippen LogP contribution is 2.45. The van der Waals surface area contributed by atoms with E-state index >= 15 is 0 Å². The molecule has 1 aromatic carbocycles. The summed E-state index contributed by atoms with van der Waals surface area (Å²) in [5.41, 5.74) is 7.30. The van der Waals surface area contributed by atoms with Gasteiger partial charge in [-0.3, -0.25) is 4.90 Å². The second-order valence-electron chi connectivity index (χ2n) is 4.87. The quantitative estimate of drug-likeness (QED) is 0.757. The van der Waals surface area contributed by atoms with Gasteiger partial charge in [0, 0.05) is 17.8 Å². The Morgan fingerprint density at radius 1 is 1.29 bits per heavy atom. The summed E-state index contributed by atoms with van der Waals surface area (Å²) in [4.78, 5) is 13.8. The molecule has 1 amide bonds. The highest BCUT2D eigenvalue weighted by molar-refractivity contribution is 5.91. The number of cyclic esters (lactones) is 1. The highest BCUT2D eigenvalue weighted by atomic mass is 16.6. The van der Waals surface area contributed by atoms with Gasteiger partial charge in [0.05, 0.1) is 12.1 Å². The minimum absolute atomic E-state index is 0.0108. The van der Waals surface area contributed by atoms with Crippen molar-refractivity contribution >= 4 is 17.5 Å². The van der Waals surface area contributed by atoms with Crippen LogP contribution in [-0.4, -0.2) is 18.2 Å². The normalized spacial score (nSPS) is 22.1. The number of anilines is 2. The van der Waals surface area contributed by atoms with E-state index in [0.717, 1.165) is 24.9 Å². The molecular weight excluding hydrogens is 216 g/mol. The molecule has 3 rings (SSSR count). The lowest BCUT2D eigenvalue weighted by atomic mass is 9.72. The Morgan fingerprint density at radius 3 is 2.76 bits per heavy atom. The van der Waals surface area contributed by atoms with E-state index < -0.39 is 0 Å². The van der Waals surface area contributed by atoms with Crippen molar-refractivity contribution in [3.63, 3.8) is 0 Å². The van der Waals surface area contributed by atoms with Gasteiger partial charge in [0.15, 0.2) is 0 Å². The van der Waals surface area contributed by atoms with Crippen LogP contribution >= 0.6 is 0 Å². The van der Waals surface area contributed by atoms with Gasteiger partial charge >= 0.3 is 6.09 Å². The maximum Gasteiger partial charge on any atom is 0.414 e. The Morgan fingerprint density at radius 2 is 2.12 bits per heavy atom. The first-order chi connectivity index (χ1) is 8.21. The predicted molar refractivity (Wildman–Crippen MR) is 65.9 cm³/mol. The van der Waals surface area contributed by atoms with Crippen LogP contribution in [0.4, 0.5) is 16.2 Å². The van der Waals surface area contributed by atoms with Gasteiger partial charge in [-0.2, -0.15) is 0 Å². The lowest BCUT2D eigenvalue weighted by Crippen LogP contribution is -2.60. The lowest BCUT2D eigenvalue weighted by molar-refractivity contribution is 0.0778. The summed E-state index contributed by atoms with van der Waals surface area (Å²) in [6.07, 6.45) is 4.01. The fraction of sp³-hybridized carbons (Fsp3) is 0.462. The van der Waals surface area contributed by atoms with Gasteiger partial charge in [0.2, 0.25) is 0 Å². The largest absolute Gasteiger partial charge is 0.449 e. The molecule has 0 unspecified atom stereocenters. The van der Waals surface area contributed by atoms with Gasteiger partial charge in [-0.25, -0.2) is 4.79 Å². The van der Waals surface area contributed by atoms with E-state index in [1.165, 1.54) is 6.42 Å². The van der Waals surface area contributed by atoms with Crippen molar-refractivity contribution in [2.24, 2.45) is 0 Å². The van der Waals surface area contributed by atoms with Crippen LogP contribution in [0.5, 0.6) is 0 Å². The van der Waals surface area contributed by atoms with Crippen LogP contribution in [0.3, 0.4) is 0 Å². The van der Waals surface area contributed by atoms with Gasteiger partial charge in [-0.1, -0.05) is 6.07 Å². The zero-order chi connectivity index (χ0) is 11.9. The van der Waals surface area contributed by atoms with Crippen LogP contribution in [0.25, 0.3) is 0 Å². The fourth-order valence-electron chi connectivity index (χ4n) is 2.80. The Hall–Kier alpha value is -1.71. The Balaban J connectivity index is 2.00. The van der Waals surface area contributed by atoms with Crippen molar-refractivity contribution < 1.29 is 9.53 Å². The molecule has 2 aliphatic rings. The van der Waals surface area contributed by atoms with E-state index in [2.05, 4.69) is 0 Å². The number of amides is 1. The number of ether oxygens (including phenoxy) is 1. The third-order valence-electron chi connectivity index (χ3n) is 3.86. The molecule has 0 aromatic heterocycles. The molecule has 90 valence electrons. The lowest BCUT2D eigenvalue weighted by Gasteiger charge is -2.52. The van der Waals surface area contributed by atoms with E-state index in [-0.39, 0.29) is 11.6 Å². The summed E-state index contributed by atoms with van der Waals surface area (Å²) in [5, 5.41) is 0. The topological polar surface area (TPSA) is 55.6 Å². The summed E-state index contributed by atoms with van der Waals surface area (Å²) >= 11 is 0. The van der Waals surface area contributed by atoms with E-state index in [4.69, 9.17) is 10.5 Å². The first kappa shape index (κ1) is 10.4. The van der Waals surface area contributed by atoms with Crippen molar-refractivity contribution in [2.75, 3.05) is 17.2 Å². The number of hydrogen-bond acceptors (Lipinski definition) is 3. The molecule has 17 heavy (non-hydrogen) atoms. The van der Waals surface area contributed by atoms with Crippen molar-refractivity contribution in [2.45, 2.75) is 31.2 Å². The zero-order valence-corrected chi connectivity index (χ0v) is 9.69. The molecule has 0 atom stereocenters. The molecule has 0 bridgehead atoms. The number of rotatable bonds is 1. The molecule has 2 N–H and O–H groups in total. The number of nitrogen functional groups attached to an aromatic ring is 1. The number of carbonyl (C=O) groups excluding carboxylic acids is 1. The minimum Gasteiger partial charge on any atom is -0.449 e. The maximum atomic E-state index is 12.0. The average molecular weight is 232 g/mol. The third kappa shape index (κ3) is 1.55. The molecule has 1 aromatic rings. The van der Waals surface area contributed by atoms with E-state index in [0.29, 0.717) is 12.3 Å². The molecule has 1 saturated carbocycles. The second-order valence-corrected chi connectivity index (χ2v) is 4.87. The Kier molecular flexibility index (Phi) is 2.24. The van der Waals surface area contributed by atoms with Crippen LogP contribution in [0, 0.1) is 0 Å². The monoisotopic (exact) mass is 232 g/mol. The number of hydrogen-bond donors (Lipinski definition) is 1. The first-order valence-corrected chi connectivity index (χ1v) is 6.04. The van der Waals surface area contributed by atoms with Crippen LogP contribution in [0.15, 0.2) is 24.3 Å². The first-order valence-electron chi connectivity index (χ1n) is 6.04. The summed E-state index contributed by atoms with van der Waals surface area (Å²) in [6.45, 7) is 0.539. The molecule has 0 radical (unpaired) electrons. The summed E-state index contributed by atoms with van der Waals surface area (Å²) < 4.78 is 5.16. The second kappa shape index (κ2) is 3.65. The number of carbonyl (C=O) groups is 1. The fourth-order valence-corrected chi connectivity index (χ4v) is 2.80. The zero-order valence-electron chi connectivity index (χ0n) is 9.69. The summed E-state index contributed by atoms with van der Waals surface area (Å²) in [6, 6.07) is 7.46. The van der Waals surface area contributed by atoms with Crippen LogP contribution < -0.4 is 10.6 Å². The third-order valence-corrected chi connectivity index (χ3v) is 3.86. The van der Waals surface area contributed by atoms with Gasteiger partial charge < -0.3 is 10.5 Å². The number of benzene rings is 1. The molecule has 1 spiro atoms. The summed E-state index contributed by atoms with van der Waals surface area (Å²) in [7, 11) is 0. The maximum absolute atomic E-state index is 12.0. The smallest absolute Gasteiger partial charge is 0.414 e. The highest BCUT2D eigenvalue weighted by Gasteiger charge is 2.48. The molecule has 1 saturated heterocycles. The molecule has 2 fully saturated rings. The van der Waals surface area contributed by atoms with E-state index in [9.17, 15) is 4.79 Å². The van der Waals surface area contributed by atoms with Crippen molar-refractivity contribution in [1.82, 2.24) is 0 Å². The predicted octanol–water partition coefficient (Wildman–Crippen LogP) is 2.54.